The summed E-state index contributed by atoms with van der Waals surface area (Å²) >= 11 is 1.61. The maximum atomic E-state index is 12.8. The number of likely N-dealkylation sites (tertiary alicyclic amines) is 1. The maximum absolute atomic E-state index is 12.8. The van der Waals surface area contributed by atoms with Gasteiger partial charge in [-0.25, -0.2) is 9.50 Å². The highest BCUT2D eigenvalue weighted by molar-refractivity contribution is 7.98. The van der Waals surface area contributed by atoms with Crippen LogP contribution in [0.25, 0.3) is 5.65 Å². The lowest BCUT2D eigenvalue weighted by Gasteiger charge is -2.32. The standard InChI is InChI=1S/C20H22N4O2S/c1-27-17-5-3-2-4-16(17)20(25)23-11-8-15(9-12-23)14-26-19-7-6-18-21-10-13-24(18)22-19/h2-7,10,13,15H,8-9,11-12,14H2,1H3. The topological polar surface area (TPSA) is 59.7 Å². The summed E-state index contributed by atoms with van der Waals surface area (Å²) in [6, 6.07) is 11.6. The predicted octanol–water partition coefficient (Wildman–Crippen LogP) is 3.38. The number of aromatic nitrogens is 3. The van der Waals surface area contributed by atoms with E-state index in [1.165, 1.54) is 0 Å². The Hall–Kier alpha value is -2.54. The molecule has 1 saturated heterocycles. The van der Waals surface area contributed by atoms with Crippen LogP contribution >= 0.6 is 11.8 Å². The molecule has 27 heavy (non-hydrogen) atoms. The summed E-state index contributed by atoms with van der Waals surface area (Å²) in [5.74, 6) is 1.17. The van der Waals surface area contributed by atoms with E-state index < -0.39 is 0 Å². The Morgan fingerprint density at radius 2 is 2.04 bits per heavy atom. The van der Waals surface area contributed by atoms with Gasteiger partial charge in [-0.1, -0.05) is 12.1 Å². The molecule has 0 unspecified atom stereocenters. The predicted molar refractivity (Wildman–Crippen MR) is 105 cm³/mol. The molecule has 3 aromatic rings. The van der Waals surface area contributed by atoms with Gasteiger partial charge in [0.05, 0.1) is 12.2 Å². The Morgan fingerprint density at radius 3 is 2.85 bits per heavy atom. The van der Waals surface area contributed by atoms with Crippen molar-refractivity contribution in [3.8, 4) is 5.88 Å². The molecule has 1 aliphatic rings. The second-order valence-corrected chi connectivity index (χ2v) is 7.50. The van der Waals surface area contributed by atoms with Crippen molar-refractivity contribution in [2.24, 2.45) is 5.92 Å². The first-order valence-electron chi connectivity index (χ1n) is 9.10. The van der Waals surface area contributed by atoms with E-state index in [0.717, 1.165) is 42.0 Å². The molecule has 0 saturated carbocycles. The fourth-order valence-electron chi connectivity index (χ4n) is 3.37. The number of hydrogen-bond donors (Lipinski definition) is 0. The quantitative estimate of drug-likeness (QED) is 0.633. The lowest BCUT2D eigenvalue weighted by Crippen LogP contribution is -2.39. The highest BCUT2D eigenvalue weighted by Gasteiger charge is 2.25. The van der Waals surface area contributed by atoms with Gasteiger partial charge in [-0.15, -0.1) is 16.9 Å². The fraction of sp³-hybridized carbons (Fsp3) is 0.350. The van der Waals surface area contributed by atoms with E-state index in [2.05, 4.69) is 10.1 Å². The minimum absolute atomic E-state index is 0.131. The van der Waals surface area contributed by atoms with E-state index in [9.17, 15) is 4.79 Å². The van der Waals surface area contributed by atoms with Crippen LogP contribution in [0.2, 0.25) is 0 Å². The second kappa shape index (κ2) is 8.00. The molecule has 7 heteroatoms. The molecule has 3 heterocycles. The van der Waals surface area contributed by atoms with Gasteiger partial charge >= 0.3 is 0 Å². The number of ether oxygens (including phenoxy) is 1. The summed E-state index contributed by atoms with van der Waals surface area (Å²) in [6.07, 6.45) is 7.42. The lowest BCUT2D eigenvalue weighted by atomic mass is 9.97. The Labute approximate surface area is 162 Å². The van der Waals surface area contributed by atoms with Crippen LogP contribution in [-0.2, 0) is 0 Å². The first-order valence-corrected chi connectivity index (χ1v) is 10.3. The van der Waals surface area contributed by atoms with E-state index in [4.69, 9.17) is 4.74 Å². The van der Waals surface area contributed by atoms with E-state index >= 15 is 0 Å². The molecule has 6 nitrogen and oxygen atoms in total. The SMILES string of the molecule is CSc1ccccc1C(=O)N1CCC(COc2ccc3nccn3n2)CC1. The molecular weight excluding hydrogens is 360 g/mol. The largest absolute Gasteiger partial charge is 0.476 e. The Morgan fingerprint density at radius 1 is 1.22 bits per heavy atom. The van der Waals surface area contributed by atoms with Gasteiger partial charge in [-0.05, 0) is 43.2 Å². The van der Waals surface area contributed by atoms with E-state index in [1.54, 1.807) is 28.7 Å². The minimum atomic E-state index is 0.131. The second-order valence-electron chi connectivity index (χ2n) is 6.65. The molecule has 0 bridgehead atoms. The van der Waals surface area contributed by atoms with Crippen molar-refractivity contribution in [2.75, 3.05) is 26.0 Å². The van der Waals surface area contributed by atoms with Crippen LogP contribution in [-0.4, -0.2) is 51.4 Å². The van der Waals surface area contributed by atoms with E-state index in [1.807, 2.05) is 47.6 Å². The average molecular weight is 382 g/mol. The number of fused-ring (bicyclic) bond motifs is 1. The monoisotopic (exact) mass is 382 g/mol. The third-order valence-electron chi connectivity index (χ3n) is 4.94. The number of nitrogens with zero attached hydrogens (tertiary/aromatic N) is 4. The smallest absolute Gasteiger partial charge is 0.254 e. The summed E-state index contributed by atoms with van der Waals surface area (Å²) in [5, 5.41) is 4.39. The number of hydrogen-bond acceptors (Lipinski definition) is 5. The molecule has 0 atom stereocenters. The van der Waals surface area contributed by atoms with Gasteiger partial charge in [0.15, 0.2) is 5.65 Å². The third kappa shape index (κ3) is 3.93. The number of rotatable bonds is 5. The van der Waals surface area contributed by atoms with Crippen LogP contribution < -0.4 is 4.74 Å². The van der Waals surface area contributed by atoms with Gasteiger partial charge in [0.25, 0.3) is 5.91 Å². The third-order valence-corrected chi connectivity index (χ3v) is 5.73. The van der Waals surface area contributed by atoms with Crippen molar-refractivity contribution in [3.63, 3.8) is 0 Å². The van der Waals surface area contributed by atoms with Gasteiger partial charge in [-0.2, -0.15) is 0 Å². The van der Waals surface area contributed by atoms with E-state index in [0.29, 0.717) is 18.4 Å². The number of carbonyl (C=O) groups excluding carboxylic acids is 1. The Balaban J connectivity index is 1.31. The highest BCUT2D eigenvalue weighted by atomic mass is 32.2. The molecule has 0 radical (unpaired) electrons. The van der Waals surface area contributed by atoms with Crippen LogP contribution in [0.4, 0.5) is 0 Å². The number of imidazole rings is 1. The molecular formula is C20H22N4O2S. The van der Waals surface area contributed by atoms with Gasteiger partial charge in [0, 0.05) is 36.4 Å². The molecule has 1 fully saturated rings. The van der Waals surface area contributed by atoms with Crippen LogP contribution in [0.15, 0.2) is 53.7 Å². The van der Waals surface area contributed by atoms with Crippen LogP contribution in [0, 0.1) is 5.92 Å². The first kappa shape index (κ1) is 17.9. The van der Waals surface area contributed by atoms with Gasteiger partial charge < -0.3 is 9.64 Å². The Bertz CT molecular complexity index is 934. The number of amides is 1. The zero-order chi connectivity index (χ0) is 18.6. The van der Waals surface area contributed by atoms with Crippen molar-refractivity contribution in [1.82, 2.24) is 19.5 Å². The highest BCUT2D eigenvalue weighted by Crippen LogP contribution is 2.24. The van der Waals surface area contributed by atoms with Crippen molar-refractivity contribution in [2.45, 2.75) is 17.7 Å². The molecule has 140 valence electrons. The zero-order valence-electron chi connectivity index (χ0n) is 15.2. The molecule has 4 rings (SSSR count). The first-order chi connectivity index (χ1) is 13.2. The fourth-order valence-corrected chi connectivity index (χ4v) is 3.96. The summed E-state index contributed by atoms with van der Waals surface area (Å²) in [5.41, 5.74) is 1.61. The lowest BCUT2D eigenvalue weighted by molar-refractivity contribution is 0.0655. The summed E-state index contributed by atoms with van der Waals surface area (Å²) in [4.78, 5) is 20.0. The van der Waals surface area contributed by atoms with Crippen LogP contribution in [0.3, 0.4) is 0 Å². The van der Waals surface area contributed by atoms with Crippen molar-refractivity contribution in [3.05, 3.63) is 54.4 Å². The van der Waals surface area contributed by atoms with Gasteiger partial charge in [-0.3, -0.25) is 4.79 Å². The van der Waals surface area contributed by atoms with Crippen LogP contribution in [0.1, 0.15) is 23.2 Å². The number of thioether (sulfide) groups is 1. The van der Waals surface area contributed by atoms with Gasteiger partial charge in [0.2, 0.25) is 5.88 Å². The molecule has 0 N–H and O–H groups in total. The van der Waals surface area contributed by atoms with Crippen LogP contribution in [0.5, 0.6) is 5.88 Å². The number of piperidine rings is 1. The number of carbonyl (C=O) groups is 1. The minimum Gasteiger partial charge on any atom is -0.476 e. The maximum Gasteiger partial charge on any atom is 0.254 e. The summed E-state index contributed by atoms with van der Waals surface area (Å²) in [6.45, 7) is 2.16. The average Bonchev–Trinajstić information content (AvgIpc) is 3.20. The molecule has 2 aromatic heterocycles. The molecule has 0 aliphatic carbocycles. The van der Waals surface area contributed by atoms with Gasteiger partial charge in [0.1, 0.15) is 0 Å². The normalized spacial score (nSPS) is 15.2. The summed E-state index contributed by atoms with van der Waals surface area (Å²) in [7, 11) is 0. The molecule has 1 aliphatic heterocycles. The molecule has 1 amide bonds. The van der Waals surface area contributed by atoms with Crippen molar-refractivity contribution in [1.29, 1.82) is 0 Å². The van der Waals surface area contributed by atoms with Crippen molar-refractivity contribution >= 4 is 23.3 Å². The van der Waals surface area contributed by atoms with E-state index in [-0.39, 0.29) is 5.91 Å². The van der Waals surface area contributed by atoms with Crippen molar-refractivity contribution < 1.29 is 9.53 Å². The molecule has 0 spiro atoms. The Kier molecular flexibility index (Phi) is 5.29. The zero-order valence-corrected chi connectivity index (χ0v) is 16.1. The molecule has 1 aromatic carbocycles. The number of benzene rings is 1. The summed E-state index contributed by atoms with van der Waals surface area (Å²) < 4.78 is 7.58.